The standard InChI is InChI=1S/C23H23N5O2S/c1-13-14(2)31-23-20(13)21(17-9-7-16(8-10-17)6-4-5-11-24)25-18(12-19(29)30)22-27-26-15(3)28(22)23/h7-10,18H,5,11-12,24H2,1-3H3,(H,29,30)/t18-/m1/s1. The van der Waals surface area contributed by atoms with Crippen molar-refractivity contribution in [1.82, 2.24) is 14.8 Å². The number of fused-ring (bicyclic) bond motifs is 3. The molecular weight excluding hydrogens is 410 g/mol. The van der Waals surface area contributed by atoms with Gasteiger partial charge in [0.15, 0.2) is 5.82 Å². The Kier molecular flexibility index (Phi) is 5.72. The highest BCUT2D eigenvalue weighted by Gasteiger charge is 2.32. The molecule has 0 unspecified atom stereocenters. The monoisotopic (exact) mass is 433 g/mol. The topological polar surface area (TPSA) is 106 Å². The van der Waals surface area contributed by atoms with Gasteiger partial charge in [0.1, 0.15) is 16.9 Å². The first kappa shape index (κ1) is 21.0. The summed E-state index contributed by atoms with van der Waals surface area (Å²) in [6.07, 6.45) is 0.498. The van der Waals surface area contributed by atoms with Crippen molar-refractivity contribution in [2.45, 2.75) is 39.7 Å². The molecule has 0 bridgehead atoms. The molecule has 4 rings (SSSR count). The number of aliphatic imine (C=N–C) groups is 1. The largest absolute Gasteiger partial charge is 0.481 e. The zero-order valence-corrected chi connectivity index (χ0v) is 18.5. The van der Waals surface area contributed by atoms with Gasteiger partial charge < -0.3 is 10.8 Å². The minimum atomic E-state index is -0.927. The maximum Gasteiger partial charge on any atom is 0.306 e. The van der Waals surface area contributed by atoms with E-state index in [9.17, 15) is 9.90 Å². The van der Waals surface area contributed by atoms with Crippen molar-refractivity contribution in [2.75, 3.05) is 6.54 Å². The molecule has 1 aliphatic rings. The Hall–Kier alpha value is -3.28. The number of carbonyl (C=O) groups is 1. The van der Waals surface area contributed by atoms with Crippen LogP contribution in [0.25, 0.3) is 5.00 Å². The summed E-state index contributed by atoms with van der Waals surface area (Å²) in [6, 6.07) is 7.25. The Labute approximate surface area is 184 Å². The molecule has 3 N–H and O–H groups in total. The zero-order valence-electron chi connectivity index (χ0n) is 17.6. The van der Waals surface area contributed by atoms with Crippen molar-refractivity contribution in [3.63, 3.8) is 0 Å². The summed E-state index contributed by atoms with van der Waals surface area (Å²) in [6.45, 7) is 6.57. The Bertz CT molecular complexity index is 1240. The van der Waals surface area contributed by atoms with E-state index >= 15 is 0 Å². The summed E-state index contributed by atoms with van der Waals surface area (Å²) in [5.41, 5.74) is 10.2. The molecule has 7 nitrogen and oxygen atoms in total. The third-order valence-electron chi connectivity index (χ3n) is 5.27. The number of carboxylic acid groups (broad SMARTS) is 1. The van der Waals surface area contributed by atoms with Crippen LogP contribution in [0.5, 0.6) is 0 Å². The number of benzene rings is 1. The normalized spacial score (nSPS) is 14.7. The van der Waals surface area contributed by atoms with Crippen molar-refractivity contribution in [2.24, 2.45) is 10.7 Å². The average Bonchev–Trinajstić information content (AvgIpc) is 3.21. The first-order chi connectivity index (χ1) is 14.9. The second-order valence-corrected chi connectivity index (χ2v) is 8.62. The lowest BCUT2D eigenvalue weighted by Gasteiger charge is -2.10. The van der Waals surface area contributed by atoms with Gasteiger partial charge in [0, 0.05) is 34.5 Å². The molecule has 1 aliphatic heterocycles. The molecule has 3 aromatic rings. The Morgan fingerprint density at radius 1 is 1.23 bits per heavy atom. The van der Waals surface area contributed by atoms with Gasteiger partial charge >= 0.3 is 5.97 Å². The van der Waals surface area contributed by atoms with Crippen molar-refractivity contribution >= 4 is 23.0 Å². The van der Waals surface area contributed by atoms with Crippen LogP contribution in [0, 0.1) is 32.6 Å². The first-order valence-electron chi connectivity index (χ1n) is 10.0. The predicted octanol–water partition coefficient (Wildman–Crippen LogP) is 3.32. The van der Waals surface area contributed by atoms with E-state index in [0.717, 1.165) is 38.8 Å². The van der Waals surface area contributed by atoms with Crippen LogP contribution in [-0.4, -0.2) is 38.1 Å². The summed E-state index contributed by atoms with van der Waals surface area (Å²) >= 11 is 1.65. The third kappa shape index (κ3) is 3.90. The molecule has 0 fully saturated rings. The Balaban J connectivity index is 1.89. The molecule has 8 heteroatoms. The van der Waals surface area contributed by atoms with Gasteiger partial charge in [-0.15, -0.1) is 21.5 Å². The van der Waals surface area contributed by atoms with Crippen LogP contribution in [0.15, 0.2) is 29.3 Å². The minimum Gasteiger partial charge on any atom is -0.481 e. The molecular formula is C23H23N5O2S. The molecule has 0 spiro atoms. The number of aromatic nitrogens is 3. The lowest BCUT2D eigenvalue weighted by Crippen LogP contribution is -2.10. The fraction of sp³-hybridized carbons (Fsp3) is 0.304. The number of nitrogens with two attached hydrogens (primary N) is 1. The van der Waals surface area contributed by atoms with Gasteiger partial charge in [-0.1, -0.05) is 24.0 Å². The number of nitrogens with zero attached hydrogens (tertiary/aromatic N) is 4. The summed E-state index contributed by atoms with van der Waals surface area (Å²) in [4.78, 5) is 17.7. The van der Waals surface area contributed by atoms with Crippen LogP contribution in [0.2, 0.25) is 0 Å². The van der Waals surface area contributed by atoms with E-state index in [-0.39, 0.29) is 6.42 Å². The predicted molar refractivity (Wildman–Crippen MR) is 121 cm³/mol. The highest BCUT2D eigenvalue weighted by Crippen LogP contribution is 2.39. The quantitative estimate of drug-likeness (QED) is 0.614. The van der Waals surface area contributed by atoms with Crippen LogP contribution in [0.3, 0.4) is 0 Å². The van der Waals surface area contributed by atoms with Gasteiger partial charge in [0.05, 0.1) is 12.1 Å². The van der Waals surface area contributed by atoms with Gasteiger partial charge in [0.25, 0.3) is 0 Å². The van der Waals surface area contributed by atoms with Gasteiger partial charge in [-0.25, -0.2) is 0 Å². The van der Waals surface area contributed by atoms with Crippen LogP contribution in [0.1, 0.15) is 57.7 Å². The fourth-order valence-corrected chi connectivity index (χ4v) is 4.85. The lowest BCUT2D eigenvalue weighted by atomic mass is 9.98. The Morgan fingerprint density at radius 3 is 2.65 bits per heavy atom. The van der Waals surface area contributed by atoms with E-state index in [1.54, 1.807) is 11.3 Å². The van der Waals surface area contributed by atoms with E-state index in [1.165, 1.54) is 4.88 Å². The number of hydrogen-bond donors (Lipinski definition) is 2. The van der Waals surface area contributed by atoms with Gasteiger partial charge in [0.2, 0.25) is 0 Å². The maximum atomic E-state index is 11.6. The summed E-state index contributed by atoms with van der Waals surface area (Å²) in [5, 5.41) is 19.0. The summed E-state index contributed by atoms with van der Waals surface area (Å²) in [7, 11) is 0. The first-order valence-corrected chi connectivity index (χ1v) is 10.8. The zero-order chi connectivity index (χ0) is 22.1. The average molecular weight is 434 g/mol. The number of hydrogen-bond acceptors (Lipinski definition) is 6. The van der Waals surface area contributed by atoms with E-state index in [0.29, 0.717) is 18.8 Å². The number of aliphatic carboxylic acids is 1. The SMILES string of the molecule is Cc1sc2c(c1C)C(c1ccc(C#CCCN)cc1)=N[C@H](CC(=O)O)c1nnc(C)n1-2. The molecule has 0 radical (unpaired) electrons. The molecule has 0 amide bonds. The lowest BCUT2D eigenvalue weighted by molar-refractivity contribution is -0.137. The van der Waals surface area contributed by atoms with E-state index in [4.69, 9.17) is 10.7 Å². The molecule has 3 heterocycles. The second kappa shape index (κ2) is 8.46. The molecule has 31 heavy (non-hydrogen) atoms. The minimum absolute atomic E-state index is 0.156. The summed E-state index contributed by atoms with van der Waals surface area (Å²) in [5.74, 6) is 6.50. The molecule has 158 valence electrons. The van der Waals surface area contributed by atoms with Crippen LogP contribution in [0.4, 0.5) is 0 Å². The van der Waals surface area contributed by atoms with E-state index in [1.807, 2.05) is 35.8 Å². The van der Waals surface area contributed by atoms with Gasteiger partial charge in [-0.05, 0) is 38.5 Å². The summed E-state index contributed by atoms with van der Waals surface area (Å²) < 4.78 is 1.96. The van der Waals surface area contributed by atoms with Crippen LogP contribution < -0.4 is 5.73 Å². The number of aryl methyl sites for hydroxylation is 2. The number of thiophene rings is 1. The third-order valence-corrected chi connectivity index (χ3v) is 6.46. The van der Waals surface area contributed by atoms with Crippen molar-refractivity contribution < 1.29 is 9.90 Å². The van der Waals surface area contributed by atoms with Crippen molar-refractivity contribution in [3.8, 4) is 16.8 Å². The smallest absolute Gasteiger partial charge is 0.306 e. The van der Waals surface area contributed by atoms with Crippen LogP contribution in [-0.2, 0) is 4.79 Å². The molecule has 2 aromatic heterocycles. The highest BCUT2D eigenvalue weighted by atomic mass is 32.1. The Morgan fingerprint density at radius 2 is 1.97 bits per heavy atom. The number of carboxylic acids is 1. The van der Waals surface area contributed by atoms with Crippen molar-refractivity contribution in [1.29, 1.82) is 0 Å². The van der Waals surface area contributed by atoms with Gasteiger partial charge in [-0.3, -0.25) is 14.4 Å². The molecule has 0 aliphatic carbocycles. The fourth-order valence-electron chi connectivity index (χ4n) is 3.64. The van der Waals surface area contributed by atoms with Crippen LogP contribution >= 0.6 is 11.3 Å². The highest BCUT2D eigenvalue weighted by molar-refractivity contribution is 7.15. The maximum absolute atomic E-state index is 11.6. The second-order valence-electron chi connectivity index (χ2n) is 7.41. The number of rotatable bonds is 4. The molecule has 1 aromatic carbocycles. The van der Waals surface area contributed by atoms with Gasteiger partial charge in [-0.2, -0.15) is 0 Å². The van der Waals surface area contributed by atoms with E-state index in [2.05, 4.69) is 35.9 Å². The van der Waals surface area contributed by atoms with E-state index < -0.39 is 12.0 Å². The molecule has 1 atom stereocenters. The molecule has 0 saturated carbocycles. The molecule has 0 saturated heterocycles. The van der Waals surface area contributed by atoms with Crippen molar-refractivity contribution in [3.05, 3.63) is 63.0 Å².